The smallest absolute Gasteiger partial charge is 0.110 e. The van der Waals surface area contributed by atoms with Crippen LogP contribution in [0.15, 0.2) is 0 Å². The van der Waals surface area contributed by atoms with Crippen molar-refractivity contribution >= 4 is 0 Å². The number of ether oxygens (including phenoxy) is 3. The van der Waals surface area contributed by atoms with Crippen LogP contribution in [-0.4, -0.2) is 49.8 Å². The predicted molar refractivity (Wildman–Crippen MR) is 64.0 cm³/mol. The van der Waals surface area contributed by atoms with Gasteiger partial charge in [-0.05, 0) is 12.8 Å². The molecule has 0 spiro atoms. The summed E-state index contributed by atoms with van der Waals surface area (Å²) in [6.45, 7) is 1.10. The standard InChI is InChI=1S/C13H24O4/c1-15-7-8-16-13-11(14)9-12(13)17-10-5-3-2-4-6-10/h10-14H,2-9H2,1H3. The summed E-state index contributed by atoms with van der Waals surface area (Å²) in [4.78, 5) is 0. The molecule has 2 fully saturated rings. The van der Waals surface area contributed by atoms with Gasteiger partial charge in [-0.15, -0.1) is 0 Å². The predicted octanol–water partition coefficient (Wildman–Crippen LogP) is 1.50. The topological polar surface area (TPSA) is 47.9 Å². The highest BCUT2D eigenvalue weighted by Crippen LogP contribution is 2.31. The Kier molecular flexibility index (Phi) is 5.22. The normalized spacial score (nSPS) is 34.6. The largest absolute Gasteiger partial charge is 0.390 e. The van der Waals surface area contributed by atoms with Crippen molar-refractivity contribution in [3.05, 3.63) is 0 Å². The summed E-state index contributed by atoms with van der Waals surface area (Å²) in [6.07, 6.45) is 6.89. The monoisotopic (exact) mass is 244 g/mol. The molecule has 0 aliphatic heterocycles. The van der Waals surface area contributed by atoms with Crippen LogP contribution in [0.1, 0.15) is 38.5 Å². The van der Waals surface area contributed by atoms with Gasteiger partial charge in [0.25, 0.3) is 0 Å². The third-order valence-electron chi connectivity index (χ3n) is 3.74. The molecule has 4 heteroatoms. The Morgan fingerprint density at radius 1 is 1.12 bits per heavy atom. The minimum Gasteiger partial charge on any atom is -0.390 e. The molecule has 0 radical (unpaired) electrons. The summed E-state index contributed by atoms with van der Waals surface area (Å²) in [6, 6.07) is 0. The molecule has 3 unspecified atom stereocenters. The molecule has 1 N–H and O–H groups in total. The molecule has 3 atom stereocenters. The van der Waals surface area contributed by atoms with Gasteiger partial charge in [0.1, 0.15) is 6.10 Å². The zero-order valence-electron chi connectivity index (χ0n) is 10.6. The van der Waals surface area contributed by atoms with E-state index < -0.39 is 0 Å². The highest BCUT2D eigenvalue weighted by Gasteiger charge is 2.43. The quantitative estimate of drug-likeness (QED) is 0.719. The minimum atomic E-state index is -0.361. The number of hydrogen-bond acceptors (Lipinski definition) is 4. The van der Waals surface area contributed by atoms with Gasteiger partial charge < -0.3 is 19.3 Å². The fourth-order valence-electron chi connectivity index (χ4n) is 2.63. The zero-order valence-corrected chi connectivity index (χ0v) is 10.6. The Morgan fingerprint density at radius 3 is 2.53 bits per heavy atom. The Bertz CT molecular complexity index is 215. The molecule has 0 saturated heterocycles. The maximum absolute atomic E-state index is 9.66. The first kappa shape index (κ1) is 13.3. The van der Waals surface area contributed by atoms with Crippen molar-refractivity contribution < 1.29 is 19.3 Å². The first-order chi connectivity index (χ1) is 8.31. The summed E-state index contributed by atoms with van der Waals surface area (Å²) in [5.41, 5.74) is 0. The molecular formula is C13H24O4. The SMILES string of the molecule is COCCOC1C(O)CC1OC1CCCCC1. The molecule has 4 nitrogen and oxygen atoms in total. The van der Waals surface area contributed by atoms with Crippen LogP contribution in [0.25, 0.3) is 0 Å². The van der Waals surface area contributed by atoms with E-state index in [2.05, 4.69) is 0 Å². The fraction of sp³-hybridized carbons (Fsp3) is 1.00. The van der Waals surface area contributed by atoms with Crippen LogP contribution >= 0.6 is 0 Å². The minimum absolute atomic E-state index is 0.0879. The van der Waals surface area contributed by atoms with Crippen LogP contribution in [0.4, 0.5) is 0 Å². The van der Waals surface area contributed by atoms with Gasteiger partial charge in [-0.3, -0.25) is 0 Å². The van der Waals surface area contributed by atoms with E-state index in [9.17, 15) is 5.11 Å². The van der Waals surface area contributed by atoms with E-state index in [4.69, 9.17) is 14.2 Å². The molecule has 0 aromatic carbocycles. The zero-order chi connectivity index (χ0) is 12.1. The lowest BCUT2D eigenvalue weighted by atomic mass is 9.87. The lowest BCUT2D eigenvalue weighted by molar-refractivity contribution is -0.212. The maximum Gasteiger partial charge on any atom is 0.110 e. The average molecular weight is 244 g/mol. The second-order valence-electron chi connectivity index (χ2n) is 5.07. The molecule has 0 aromatic rings. The number of rotatable bonds is 6. The molecule has 0 bridgehead atoms. The third kappa shape index (κ3) is 3.65. The van der Waals surface area contributed by atoms with Crippen LogP contribution in [0.3, 0.4) is 0 Å². The molecule has 17 heavy (non-hydrogen) atoms. The van der Waals surface area contributed by atoms with Gasteiger partial charge in [0.15, 0.2) is 0 Å². The first-order valence-electron chi connectivity index (χ1n) is 6.75. The van der Waals surface area contributed by atoms with Gasteiger partial charge in [0.2, 0.25) is 0 Å². The van der Waals surface area contributed by atoms with Crippen molar-refractivity contribution in [2.24, 2.45) is 0 Å². The summed E-state index contributed by atoms with van der Waals surface area (Å²) < 4.78 is 16.5. The van der Waals surface area contributed by atoms with Crippen LogP contribution in [0.2, 0.25) is 0 Å². The van der Waals surface area contributed by atoms with Crippen molar-refractivity contribution in [3.8, 4) is 0 Å². The van der Waals surface area contributed by atoms with Crippen molar-refractivity contribution in [1.82, 2.24) is 0 Å². The van der Waals surface area contributed by atoms with Crippen LogP contribution in [0, 0.1) is 0 Å². The van der Waals surface area contributed by atoms with E-state index in [0.29, 0.717) is 25.7 Å². The molecule has 100 valence electrons. The highest BCUT2D eigenvalue weighted by atomic mass is 16.6. The lowest BCUT2D eigenvalue weighted by Gasteiger charge is -2.43. The summed E-state index contributed by atoms with van der Waals surface area (Å²) >= 11 is 0. The van der Waals surface area contributed by atoms with Gasteiger partial charge in [-0.1, -0.05) is 19.3 Å². The second-order valence-corrected chi connectivity index (χ2v) is 5.07. The van der Waals surface area contributed by atoms with E-state index in [-0.39, 0.29) is 18.3 Å². The van der Waals surface area contributed by atoms with Crippen molar-refractivity contribution in [2.75, 3.05) is 20.3 Å². The molecule has 2 rings (SSSR count). The van der Waals surface area contributed by atoms with Gasteiger partial charge in [0, 0.05) is 13.5 Å². The Labute approximate surface area is 103 Å². The van der Waals surface area contributed by atoms with E-state index >= 15 is 0 Å². The molecule has 0 amide bonds. The van der Waals surface area contributed by atoms with Crippen LogP contribution in [-0.2, 0) is 14.2 Å². The van der Waals surface area contributed by atoms with Crippen LogP contribution in [0.5, 0.6) is 0 Å². The van der Waals surface area contributed by atoms with E-state index in [1.807, 2.05) is 0 Å². The van der Waals surface area contributed by atoms with Gasteiger partial charge in [-0.2, -0.15) is 0 Å². The Balaban J connectivity index is 1.68. The maximum atomic E-state index is 9.66. The van der Waals surface area contributed by atoms with E-state index in [1.54, 1.807) is 7.11 Å². The van der Waals surface area contributed by atoms with Gasteiger partial charge in [-0.25, -0.2) is 0 Å². The van der Waals surface area contributed by atoms with Gasteiger partial charge >= 0.3 is 0 Å². The summed E-state index contributed by atoms with van der Waals surface area (Å²) in [5.74, 6) is 0. The molecule has 2 aliphatic rings. The Hall–Kier alpha value is -0.160. The van der Waals surface area contributed by atoms with Crippen molar-refractivity contribution in [1.29, 1.82) is 0 Å². The highest BCUT2D eigenvalue weighted by molar-refractivity contribution is 4.93. The summed E-state index contributed by atoms with van der Waals surface area (Å²) in [7, 11) is 1.65. The first-order valence-corrected chi connectivity index (χ1v) is 6.75. The average Bonchev–Trinajstić information content (AvgIpc) is 2.35. The lowest BCUT2D eigenvalue weighted by Crippen LogP contribution is -2.55. The fourth-order valence-corrected chi connectivity index (χ4v) is 2.63. The van der Waals surface area contributed by atoms with Crippen molar-refractivity contribution in [2.45, 2.75) is 62.9 Å². The number of hydrogen-bond donors (Lipinski definition) is 1. The molecule has 2 saturated carbocycles. The molecule has 0 aromatic heterocycles. The Morgan fingerprint density at radius 2 is 1.88 bits per heavy atom. The van der Waals surface area contributed by atoms with E-state index in [0.717, 1.165) is 12.8 Å². The third-order valence-corrected chi connectivity index (χ3v) is 3.74. The molecule has 2 aliphatic carbocycles. The number of methoxy groups -OCH3 is 1. The number of aliphatic hydroxyl groups is 1. The molecule has 0 heterocycles. The summed E-state index contributed by atoms with van der Waals surface area (Å²) in [5, 5.41) is 9.66. The second kappa shape index (κ2) is 6.69. The van der Waals surface area contributed by atoms with Crippen molar-refractivity contribution in [3.63, 3.8) is 0 Å². The van der Waals surface area contributed by atoms with E-state index in [1.165, 1.54) is 19.3 Å². The molecular weight excluding hydrogens is 220 g/mol. The van der Waals surface area contributed by atoms with Crippen LogP contribution < -0.4 is 0 Å². The number of aliphatic hydroxyl groups excluding tert-OH is 1. The van der Waals surface area contributed by atoms with Gasteiger partial charge in [0.05, 0.1) is 31.5 Å².